The standard InChI is InChI=1S/C21H24N2O3/c24-23(25)19-6-3-4-16(14-19)15-26-20-10-7-17(8-11-20)21-12-9-18-5-1-2-13-22(18)21/h3-4,6-8,10-11,14,18,21H,1-2,5,9,12-13,15H2. The summed E-state index contributed by atoms with van der Waals surface area (Å²) in [4.78, 5) is 13.2. The number of fused-ring (bicyclic) bond motifs is 1. The van der Waals surface area contributed by atoms with Crippen molar-refractivity contribution in [3.8, 4) is 5.75 Å². The minimum Gasteiger partial charge on any atom is -0.489 e. The SMILES string of the molecule is O=[N+]([O-])c1cccc(COc2ccc(C3CCC4CCCCN43)cc2)c1. The van der Waals surface area contributed by atoms with Crippen molar-refractivity contribution in [1.82, 2.24) is 4.90 Å². The van der Waals surface area contributed by atoms with Gasteiger partial charge in [0, 0.05) is 24.2 Å². The fraction of sp³-hybridized carbons (Fsp3) is 0.429. The third-order valence-electron chi connectivity index (χ3n) is 5.64. The van der Waals surface area contributed by atoms with Crippen LogP contribution in [0.2, 0.25) is 0 Å². The number of hydrogen-bond donors (Lipinski definition) is 0. The van der Waals surface area contributed by atoms with Crippen LogP contribution in [0.25, 0.3) is 0 Å². The van der Waals surface area contributed by atoms with E-state index in [1.165, 1.54) is 50.3 Å². The number of piperidine rings is 1. The van der Waals surface area contributed by atoms with Crippen LogP contribution in [0.1, 0.15) is 49.3 Å². The van der Waals surface area contributed by atoms with Crippen LogP contribution in [0.4, 0.5) is 5.69 Å². The first-order chi connectivity index (χ1) is 12.7. The number of rotatable bonds is 5. The van der Waals surface area contributed by atoms with Gasteiger partial charge in [-0.1, -0.05) is 30.7 Å². The van der Waals surface area contributed by atoms with Crippen LogP contribution >= 0.6 is 0 Å². The van der Waals surface area contributed by atoms with E-state index < -0.39 is 0 Å². The maximum absolute atomic E-state index is 10.9. The maximum atomic E-state index is 10.9. The van der Waals surface area contributed by atoms with Gasteiger partial charge in [-0.05, 0) is 55.5 Å². The van der Waals surface area contributed by atoms with Crippen molar-refractivity contribution in [3.63, 3.8) is 0 Å². The van der Waals surface area contributed by atoms with E-state index in [4.69, 9.17) is 4.74 Å². The Morgan fingerprint density at radius 2 is 1.92 bits per heavy atom. The number of non-ortho nitro benzene ring substituents is 1. The third kappa shape index (κ3) is 3.58. The van der Waals surface area contributed by atoms with E-state index in [9.17, 15) is 10.1 Å². The van der Waals surface area contributed by atoms with Crippen molar-refractivity contribution in [2.45, 2.75) is 50.8 Å². The average Bonchev–Trinajstić information content (AvgIpc) is 3.11. The lowest BCUT2D eigenvalue weighted by Crippen LogP contribution is -2.35. The van der Waals surface area contributed by atoms with Gasteiger partial charge in [-0.25, -0.2) is 0 Å². The molecule has 2 aromatic carbocycles. The lowest BCUT2D eigenvalue weighted by atomic mass is 10.0. The molecular weight excluding hydrogens is 328 g/mol. The van der Waals surface area contributed by atoms with Gasteiger partial charge in [-0.15, -0.1) is 0 Å². The Hall–Kier alpha value is -2.40. The van der Waals surface area contributed by atoms with Gasteiger partial charge in [0.1, 0.15) is 12.4 Å². The summed E-state index contributed by atoms with van der Waals surface area (Å²) in [7, 11) is 0. The molecule has 2 aromatic rings. The van der Waals surface area contributed by atoms with Crippen molar-refractivity contribution < 1.29 is 9.66 Å². The molecule has 5 nitrogen and oxygen atoms in total. The summed E-state index contributed by atoms with van der Waals surface area (Å²) in [5.41, 5.74) is 2.27. The van der Waals surface area contributed by atoms with Crippen molar-refractivity contribution in [2.24, 2.45) is 0 Å². The Bertz CT molecular complexity index is 775. The van der Waals surface area contributed by atoms with Crippen LogP contribution in [0.3, 0.4) is 0 Å². The third-order valence-corrected chi connectivity index (χ3v) is 5.64. The second kappa shape index (κ2) is 7.46. The van der Waals surface area contributed by atoms with Crippen LogP contribution in [0, 0.1) is 10.1 Å². The quantitative estimate of drug-likeness (QED) is 0.569. The zero-order chi connectivity index (χ0) is 17.9. The monoisotopic (exact) mass is 352 g/mol. The van der Waals surface area contributed by atoms with Gasteiger partial charge >= 0.3 is 0 Å². The van der Waals surface area contributed by atoms with Crippen LogP contribution in [0.15, 0.2) is 48.5 Å². The number of benzene rings is 2. The summed E-state index contributed by atoms with van der Waals surface area (Å²) >= 11 is 0. The Morgan fingerprint density at radius 3 is 2.73 bits per heavy atom. The molecule has 2 aliphatic heterocycles. The minimum atomic E-state index is -0.381. The van der Waals surface area contributed by atoms with E-state index >= 15 is 0 Å². The molecule has 2 heterocycles. The molecule has 2 fully saturated rings. The van der Waals surface area contributed by atoms with Crippen molar-refractivity contribution >= 4 is 5.69 Å². The Labute approximate surface area is 153 Å². The van der Waals surface area contributed by atoms with Gasteiger partial charge in [0.2, 0.25) is 0 Å². The van der Waals surface area contributed by atoms with Crippen molar-refractivity contribution in [1.29, 1.82) is 0 Å². The van der Waals surface area contributed by atoms with Gasteiger partial charge in [-0.2, -0.15) is 0 Å². The topological polar surface area (TPSA) is 55.6 Å². The predicted molar refractivity (Wildman–Crippen MR) is 100 cm³/mol. The highest BCUT2D eigenvalue weighted by Gasteiger charge is 2.35. The van der Waals surface area contributed by atoms with Crippen molar-refractivity contribution in [3.05, 3.63) is 69.8 Å². The van der Waals surface area contributed by atoms with Gasteiger partial charge in [0.05, 0.1) is 4.92 Å². The zero-order valence-electron chi connectivity index (χ0n) is 14.8. The largest absolute Gasteiger partial charge is 0.489 e. The van der Waals surface area contributed by atoms with E-state index in [0.717, 1.165) is 17.4 Å². The Morgan fingerprint density at radius 1 is 1.08 bits per heavy atom. The van der Waals surface area contributed by atoms with Gasteiger partial charge in [0.25, 0.3) is 5.69 Å². The highest BCUT2D eigenvalue weighted by Crippen LogP contribution is 2.40. The highest BCUT2D eigenvalue weighted by molar-refractivity contribution is 5.35. The van der Waals surface area contributed by atoms with E-state index in [1.54, 1.807) is 12.1 Å². The maximum Gasteiger partial charge on any atom is 0.269 e. The molecule has 26 heavy (non-hydrogen) atoms. The molecule has 0 aliphatic carbocycles. The fourth-order valence-corrected chi connectivity index (χ4v) is 4.33. The van der Waals surface area contributed by atoms with E-state index in [-0.39, 0.29) is 10.6 Å². The summed E-state index contributed by atoms with van der Waals surface area (Å²) in [6.07, 6.45) is 6.60. The average molecular weight is 352 g/mol. The van der Waals surface area contributed by atoms with E-state index in [2.05, 4.69) is 17.0 Å². The lowest BCUT2D eigenvalue weighted by Gasteiger charge is -2.34. The Balaban J connectivity index is 1.39. The fourth-order valence-electron chi connectivity index (χ4n) is 4.33. The molecule has 0 N–H and O–H groups in total. The summed E-state index contributed by atoms with van der Waals surface area (Å²) in [6, 6.07) is 16.3. The van der Waals surface area contributed by atoms with Gasteiger partial charge < -0.3 is 4.74 Å². The lowest BCUT2D eigenvalue weighted by molar-refractivity contribution is -0.384. The molecule has 0 spiro atoms. The molecule has 4 rings (SSSR count). The van der Waals surface area contributed by atoms with E-state index in [1.807, 2.05) is 18.2 Å². The molecule has 0 radical (unpaired) electrons. The minimum absolute atomic E-state index is 0.0961. The molecule has 0 bridgehead atoms. The molecule has 136 valence electrons. The second-order valence-corrected chi connectivity index (χ2v) is 7.27. The molecular formula is C21H24N2O3. The second-order valence-electron chi connectivity index (χ2n) is 7.27. The summed E-state index contributed by atoms with van der Waals surface area (Å²) in [5, 5.41) is 10.9. The number of nitrogens with zero attached hydrogens (tertiary/aromatic N) is 2. The number of ether oxygens (including phenoxy) is 1. The molecule has 0 saturated carbocycles. The summed E-state index contributed by atoms with van der Waals surface area (Å²) in [6.45, 7) is 1.55. The first kappa shape index (κ1) is 17.0. The summed E-state index contributed by atoms with van der Waals surface area (Å²) < 4.78 is 5.81. The molecule has 2 atom stereocenters. The Kier molecular flexibility index (Phi) is 4.89. The van der Waals surface area contributed by atoms with Crippen LogP contribution < -0.4 is 4.74 Å². The summed E-state index contributed by atoms with van der Waals surface area (Å²) in [5.74, 6) is 0.799. The molecule has 0 aromatic heterocycles. The molecule has 2 aliphatic rings. The normalized spacial score (nSPS) is 22.8. The predicted octanol–water partition coefficient (Wildman–Crippen LogP) is 4.86. The van der Waals surface area contributed by atoms with E-state index in [0.29, 0.717) is 12.6 Å². The number of nitro groups is 1. The first-order valence-corrected chi connectivity index (χ1v) is 9.42. The number of hydrogen-bond acceptors (Lipinski definition) is 4. The van der Waals surface area contributed by atoms with Crippen molar-refractivity contribution in [2.75, 3.05) is 6.54 Å². The van der Waals surface area contributed by atoms with Crippen LogP contribution in [0.5, 0.6) is 5.75 Å². The van der Waals surface area contributed by atoms with Crippen LogP contribution in [-0.4, -0.2) is 22.4 Å². The number of nitro benzene ring substituents is 1. The molecule has 2 unspecified atom stereocenters. The first-order valence-electron chi connectivity index (χ1n) is 9.42. The highest BCUT2D eigenvalue weighted by atomic mass is 16.6. The van der Waals surface area contributed by atoms with Gasteiger partial charge in [0.15, 0.2) is 0 Å². The van der Waals surface area contributed by atoms with Crippen LogP contribution in [-0.2, 0) is 6.61 Å². The van der Waals surface area contributed by atoms with Gasteiger partial charge in [-0.3, -0.25) is 15.0 Å². The molecule has 0 amide bonds. The molecule has 2 saturated heterocycles. The zero-order valence-corrected chi connectivity index (χ0v) is 14.8. The smallest absolute Gasteiger partial charge is 0.269 e. The molecule has 5 heteroatoms.